The van der Waals surface area contributed by atoms with Crippen LogP contribution < -0.4 is 9.47 Å². The van der Waals surface area contributed by atoms with Crippen molar-refractivity contribution in [1.82, 2.24) is 0 Å². The van der Waals surface area contributed by atoms with Gasteiger partial charge in [0.05, 0.1) is 13.7 Å². The van der Waals surface area contributed by atoms with Crippen LogP contribution in [-0.4, -0.2) is 70.8 Å². The molecule has 2 rings (SSSR count). The highest BCUT2D eigenvalue weighted by Gasteiger charge is 2.44. The summed E-state index contributed by atoms with van der Waals surface area (Å²) in [4.78, 5) is 12.0. The minimum Gasteiger partial charge on any atom is -0.493 e. The molecule has 32 heavy (non-hydrogen) atoms. The van der Waals surface area contributed by atoms with Gasteiger partial charge in [-0.15, -0.1) is 0 Å². The van der Waals surface area contributed by atoms with Crippen LogP contribution in [0.5, 0.6) is 11.5 Å². The van der Waals surface area contributed by atoms with E-state index in [-0.39, 0.29) is 18.3 Å². The lowest BCUT2D eigenvalue weighted by Gasteiger charge is -2.39. The molecule has 1 aromatic rings. The second kappa shape index (κ2) is 13.0. The minimum absolute atomic E-state index is 0.0848. The monoisotopic (exact) mass is 456 g/mol. The lowest BCUT2D eigenvalue weighted by atomic mass is 9.99. The lowest BCUT2D eigenvalue weighted by molar-refractivity contribution is -0.277. The molecule has 0 aliphatic carbocycles. The fourth-order valence-electron chi connectivity index (χ4n) is 3.42. The number of carbonyl (C=O) groups is 1. The van der Waals surface area contributed by atoms with E-state index < -0.39 is 37.3 Å². The number of esters is 1. The van der Waals surface area contributed by atoms with Gasteiger partial charge in [0.1, 0.15) is 31.0 Å². The first-order valence-electron chi connectivity index (χ1n) is 11.1. The third-order valence-corrected chi connectivity index (χ3v) is 5.38. The summed E-state index contributed by atoms with van der Waals surface area (Å²) >= 11 is 0. The summed E-state index contributed by atoms with van der Waals surface area (Å²) in [6, 6.07) is 4.88. The topological polar surface area (TPSA) is 135 Å². The van der Waals surface area contributed by atoms with E-state index in [9.17, 15) is 25.2 Å². The molecule has 1 aliphatic rings. The highest BCUT2D eigenvalue weighted by molar-refractivity contribution is 5.69. The summed E-state index contributed by atoms with van der Waals surface area (Å²) in [5.41, 5.74) is 0.691. The van der Waals surface area contributed by atoms with Crippen molar-refractivity contribution in [3.05, 3.63) is 23.8 Å². The van der Waals surface area contributed by atoms with Crippen LogP contribution in [0.25, 0.3) is 0 Å². The first-order chi connectivity index (χ1) is 15.3. The maximum absolute atomic E-state index is 12.0. The molecule has 5 unspecified atom stereocenters. The van der Waals surface area contributed by atoms with E-state index in [0.717, 1.165) is 25.7 Å². The van der Waals surface area contributed by atoms with Gasteiger partial charge in [-0.3, -0.25) is 4.79 Å². The van der Waals surface area contributed by atoms with Crippen molar-refractivity contribution in [2.24, 2.45) is 5.92 Å². The summed E-state index contributed by atoms with van der Waals surface area (Å²) in [6.07, 6.45) is -2.47. The highest BCUT2D eigenvalue weighted by Crippen LogP contribution is 2.32. The van der Waals surface area contributed by atoms with Crippen molar-refractivity contribution in [2.75, 3.05) is 13.7 Å². The van der Waals surface area contributed by atoms with Crippen LogP contribution in [-0.2, 0) is 20.9 Å². The summed E-state index contributed by atoms with van der Waals surface area (Å²) in [6.45, 7) is 3.90. The molecule has 0 saturated carbocycles. The Bertz CT molecular complexity index is 707. The SMILES string of the molecule is COc1cc(COC(=O)CCCCCC(C)C)ccc1OC1OC(CO)C(O)C(O)C1O. The molecule has 4 N–H and O–H groups in total. The number of benzene rings is 1. The third kappa shape index (κ3) is 7.60. The second-order valence-electron chi connectivity index (χ2n) is 8.45. The predicted octanol–water partition coefficient (Wildman–Crippen LogP) is 1.52. The van der Waals surface area contributed by atoms with E-state index in [1.165, 1.54) is 7.11 Å². The van der Waals surface area contributed by atoms with Crippen molar-refractivity contribution < 1.29 is 44.2 Å². The number of hydrogen-bond acceptors (Lipinski definition) is 9. The van der Waals surface area contributed by atoms with Gasteiger partial charge in [-0.25, -0.2) is 0 Å². The van der Waals surface area contributed by atoms with Gasteiger partial charge in [0.15, 0.2) is 11.5 Å². The zero-order valence-electron chi connectivity index (χ0n) is 19.0. The van der Waals surface area contributed by atoms with Crippen LogP contribution in [0, 0.1) is 5.92 Å². The Balaban J connectivity index is 1.89. The van der Waals surface area contributed by atoms with E-state index in [1.807, 2.05) is 0 Å². The zero-order valence-corrected chi connectivity index (χ0v) is 19.0. The number of aliphatic hydroxyl groups is 4. The number of rotatable bonds is 12. The smallest absolute Gasteiger partial charge is 0.306 e. The van der Waals surface area contributed by atoms with Crippen molar-refractivity contribution in [3.63, 3.8) is 0 Å². The fourth-order valence-corrected chi connectivity index (χ4v) is 3.42. The first kappa shape index (κ1) is 26.3. The second-order valence-corrected chi connectivity index (χ2v) is 8.45. The molecule has 5 atom stereocenters. The lowest BCUT2D eigenvalue weighted by Crippen LogP contribution is -2.60. The molecule has 0 bridgehead atoms. The number of aliphatic hydroxyl groups excluding tert-OH is 4. The maximum Gasteiger partial charge on any atom is 0.306 e. The fraction of sp³-hybridized carbons (Fsp3) is 0.696. The van der Waals surface area contributed by atoms with Gasteiger partial charge in [-0.05, 0) is 30.0 Å². The molecule has 1 fully saturated rings. The number of carbonyl (C=O) groups excluding carboxylic acids is 1. The molecule has 0 aromatic heterocycles. The van der Waals surface area contributed by atoms with Gasteiger partial charge >= 0.3 is 5.97 Å². The minimum atomic E-state index is -1.54. The summed E-state index contributed by atoms with van der Waals surface area (Å²) in [5, 5.41) is 39.2. The normalized spacial score (nSPS) is 25.6. The Hall–Kier alpha value is -1.91. The van der Waals surface area contributed by atoms with Gasteiger partial charge < -0.3 is 39.4 Å². The largest absolute Gasteiger partial charge is 0.493 e. The molecule has 0 spiro atoms. The Morgan fingerprint density at radius 1 is 1.06 bits per heavy atom. The zero-order chi connectivity index (χ0) is 23.7. The van der Waals surface area contributed by atoms with E-state index in [4.69, 9.17) is 18.9 Å². The summed E-state index contributed by atoms with van der Waals surface area (Å²) in [5.74, 6) is 0.945. The molecule has 1 saturated heterocycles. The maximum atomic E-state index is 12.0. The Morgan fingerprint density at radius 3 is 2.47 bits per heavy atom. The van der Waals surface area contributed by atoms with E-state index in [1.54, 1.807) is 18.2 Å². The molecule has 182 valence electrons. The van der Waals surface area contributed by atoms with Gasteiger partial charge in [-0.2, -0.15) is 0 Å². The molecule has 0 amide bonds. The first-order valence-corrected chi connectivity index (χ1v) is 11.1. The number of ether oxygens (including phenoxy) is 4. The third-order valence-electron chi connectivity index (χ3n) is 5.38. The quantitative estimate of drug-likeness (QED) is 0.273. The molecule has 0 radical (unpaired) electrons. The average Bonchev–Trinajstić information content (AvgIpc) is 2.78. The van der Waals surface area contributed by atoms with Crippen LogP contribution in [0.3, 0.4) is 0 Å². The molecule has 1 aromatic carbocycles. The number of hydrogen-bond donors (Lipinski definition) is 4. The molecule has 9 heteroatoms. The Labute approximate surface area is 188 Å². The molecular weight excluding hydrogens is 420 g/mol. The van der Waals surface area contributed by atoms with Gasteiger partial charge in [0, 0.05) is 6.42 Å². The van der Waals surface area contributed by atoms with Crippen molar-refractivity contribution in [3.8, 4) is 11.5 Å². The van der Waals surface area contributed by atoms with Crippen LogP contribution in [0.15, 0.2) is 18.2 Å². The van der Waals surface area contributed by atoms with Crippen LogP contribution in [0.1, 0.15) is 51.5 Å². The number of methoxy groups -OCH3 is 1. The predicted molar refractivity (Wildman–Crippen MR) is 115 cm³/mol. The highest BCUT2D eigenvalue weighted by atomic mass is 16.7. The summed E-state index contributed by atoms with van der Waals surface area (Å²) in [7, 11) is 1.43. The Kier molecular flexibility index (Phi) is 10.7. The Morgan fingerprint density at radius 2 is 1.81 bits per heavy atom. The van der Waals surface area contributed by atoms with Gasteiger partial charge in [0.2, 0.25) is 6.29 Å². The van der Waals surface area contributed by atoms with Crippen LogP contribution in [0.2, 0.25) is 0 Å². The standard InChI is InChI=1S/C23H36O9/c1-14(2)7-5-4-6-8-19(25)30-13-15-9-10-16(17(11-15)29-3)31-23-22(28)21(27)20(26)18(12-24)32-23/h9-11,14,18,20-24,26-28H,4-8,12-13H2,1-3H3. The van der Waals surface area contributed by atoms with Gasteiger partial charge in [-0.1, -0.05) is 39.2 Å². The van der Waals surface area contributed by atoms with Crippen molar-refractivity contribution >= 4 is 5.97 Å². The molecule has 9 nitrogen and oxygen atoms in total. The molecule has 1 aliphatic heterocycles. The number of unbranched alkanes of at least 4 members (excludes halogenated alkanes) is 2. The average molecular weight is 457 g/mol. The van der Waals surface area contributed by atoms with E-state index >= 15 is 0 Å². The van der Waals surface area contributed by atoms with E-state index in [2.05, 4.69) is 13.8 Å². The van der Waals surface area contributed by atoms with Gasteiger partial charge in [0.25, 0.3) is 0 Å². The van der Waals surface area contributed by atoms with Crippen molar-refractivity contribution in [2.45, 2.75) is 83.3 Å². The van der Waals surface area contributed by atoms with E-state index in [0.29, 0.717) is 23.7 Å². The summed E-state index contributed by atoms with van der Waals surface area (Å²) < 4.78 is 21.6. The van der Waals surface area contributed by atoms with Crippen molar-refractivity contribution in [1.29, 1.82) is 0 Å². The van der Waals surface area contributed by atoms with Crippen LogP contribution >= 0.6 is 0 Å². The molecule has 1 heterocycles. The van der Waals surface area contributed by atoms with Crippen LogP contribution in [0.4, 0.5) is 0 Å². The molecular formula is C23H36O9.